The van der Waals surface area contributed by atoms with Crippen LogP contribution in [-0.4, -0.2) is 46.1 Å². The Morgan fingerprint density at radius 1 is 0.875 bits per heavy atom. The van der Waals surface area contributed by atoms with Gasteiger partial charge in [0.25, 0.3) is 0 Å². The lowest BCUT2D eigenvalue weighted by molar-refractivity contribution is 0.492. The number of halogens is 2. The molecule has 24 heavy (non-hydrogen) atoms. The van der Waals surface area contributed by atoms with Gasteiger partial charge in [0.1, 0.15) is 12.7 Å². The van der Waals surface area contributed by atoms with Gasteiger partial charge in [0.2, 0.25) is 0 Å². The fraction of sp³-hybridized carbons (Fsp3) is 0.500. The van der Waals surface area contributed by atoms with Crippen molar-refractivity contribution in [2.75, 3.05) is 36.0 Å². The lowest BCUT2D eigenvalue weighted by atomic mass is 9.91. The third kappa shape index (κ3) is 3.13. The number of aromatic nitrogens is 4. The van der Waals surface area contributed by atoms with Gasteiger partial charge in [-0.1, -0.05) is 20.8 Å². The maximum Gasteiger partial charge on any atom is 0.187 e. The molecule has 8 heteroatoms. The molecule has 6 nitrogen and oxygen atoms in total. The molecule has 1 aliphatic heterocycles. The monoisotopic (exact) mass is 334 g/mol. The summed E-state index contributed by atoms with van der Waals surface area (Å²) < 4.78 is 28.6. The van der Waals surface area contributed by atoms with Crippen LogP contribution in [0.3, 0.4) is 0 Å². The molecule has 0 aromatic carbocycles. The summed E-state index contributed by atoms with van der Waals surface area (Å²) in [6, 6.07) is 0. The Morgan fingerprint density at radius 3 is 2.04 bits per heavy atom. The fourth-order valence-electron chi connectivity index (χ4n) is 2.77. The van der Waals surface area contributed by atoms with Crippen molar-refractivity contribution in [2.24, 2.45) is 0 Å². The number of rotatable bonds is 2. The van der Waals surface area contributed by atoms with Gasteiger partial charge in [0, 0.05) is 31.6 Å². The first-order valence-electron chi connectivity index (χ1n) is 7.84. The van der Waals surface area contributed by atoms with Crippen LogP contribution in [0.25, 0.3) is 0 Å². The highest BCUT2D eigenvalue weighted by Crippen LogP contribution is 2.28. The average Bonchev–Trinajstić information content (AvgIpc) is 2.55. The topological polar surface area (TPSA) is 58.0 Å². The van der Waals surface area contributed by atoms with Crippen molar-refractivity contribution in [3.63, 3.8) is 0 Å². The molecule has 0 aliphatic carbocycles. The molecule has 0 bridgehead atoms. The van der Waals surface area contributed by atoms with E-state index in [0.29, 0.717) is 37.7 Å². The summed E-state index contributed by atoms with van der Waals surface area (Å²) in [4.78, 5) is 19.5. The SMILES string of the molecule is CC(C)(C)c1ncnc(N2CCN(c3ncncc3F)CC2)c1F. The van der Waals surface area contributed by atoms with E-state index in [2.05, 4.69) is 19.9 Å². The van der Waals surface area contributed by atoms with E-state index >= 15 is 0 Å². The molecule has 128 valence electrons. The number of hydrogen-bond donors (Lipinski definition) is 0. The summed E-state index contributed by atoms with van der Waals surface area (Å²) in [5, 5.41) is 0. The standard InChI is InChI=1S/C16H20F2N6/c1-16(2,3)13-12(18)15(22-10-20-13)24-6-4-23(5-7-24)14-11(17)8-19-9-21-14/h8-10H,4-7H2,1-3H3. The van der Waals surface area contributed by atoms with Gasteiger partial charge in [0.15, 0.2) is 23.3 Å². The average molecular weight is 334 g/mol. The third-order valence-corrected chi connectivity index (χ3v) is 4.01. The van der Waals surface area contributed by atoms with Gasteiger partial charge >= 0.3 is 0 Å². The van der Waals surface area contributed by atoms with Crippen LogP contribution >= 0.6 is 0 Å². The first-order chi connectivity index (χ1) is 11.4. The van der Waals surface area contributed by atoms with Crippen LogP contribution in [0.2, 0.25) is 0 Å². The van der Waals surface area contributed by atoms with Crippen LogP contribution in [0.15, 0.2) is 18.9 Å². The second-order valence-electron chi connectivity index (χ2n) is 6.78. The van der Waals surface area contributed by atoms with E-state index in [1.807, 2.05) is 30.6 Å². The van der Waals surface area contributed by atoms with E-state index in [0.717, 1.165) is 6.20 Å². The highest BCUT2D eigenvalue weighted by Gasteiger charge is 2.28. The van der Waals surface area contributed by atoms with E-state index in [-0.39, 0.29) is 11.6 Å². The van der Waals surface area contributed by atoms with E-state index in [1.165, 1.54) is 12.7 Å². The number of anilines is 2. The molecule has 0 N–H and O–H groups in total. The van der Waals surface area contributed by atoms with Crippen molar-refractivity contribution in [1.29, 1.82) is 0 Å². The molecule has 0 saturated carbocycles. The van der Waals surface area contributed by atoms with Gasteiger partial charge in [-0.15, -0.1) is 0 Å². The first kappa shape index (κ1) is 16.5. The summed E-state index contributed by atoms with van der Waals surface area (Å²) in [5.41, 5.74) is 0.00464. The van der Waals surface area contributed by atoms with E-state index in [1.54, 1.807) is 0 Å². The van der Waals surface area contributed by atoms with Crippen LogP contribution < -0.4 is 9.80 Å². The number of nitrogens with zero attached hydrogens (tertiary/aromatic N) is 6. The molecule has 1 aliphatic rings. The Kier molecular flexibility index (Phi) is 4.29. The summed E-state index contributed by atoms with van der Waals surface area (Å²) in [6.45, 7) is 7.86. The molecule has 3 heterocycles. The van der Waals surface area contributed by atoms with Crippen LogP contribution in [-0.2, 0) is 5.41 Å². The van der Waals surface area contributed by atoms with E-state index < -0.39 is 11.2 Å². The molecule has 3 rings (SSSR count). The zero-order valence-electron chi connectivity index (χ0n) is 14.0. The molecule has 0 unspecified atom stereocenters. The Bertz CT molecular complexity index is 723. The number of piperazine rings is 1. The molecule has 2 aromatic heterocycles. The summed E-state index contributed by atoms with van der Waals surface area (Å²) in [7, 11) is 0. The molecule has 0 atom stereocenters. The van der Waals surface area contributed by atoms with Gasteiger partial charge in [-0.05, 0) is 0 Å². The fourth-order valence-corrected chi connectivity index (χ4v) is 2.77. The Morgan fingerprint density at radius 2 is 1.46 bits per heavy atom. The Hall–Kier alpha value is -2.38. The van der Waals surface area contributed by atoms with E-state index in [9.17, 15) is 8.78 Å². The van der Waals surface area contributed by atoms with Crippen LogP contribution in [0.1, 0.15) is 26.5 Å². The van der Waals surface area contributed by atoms with Gasteiger partial charge in [-0.25, -0.2) is 28.7 Å². The predicted molar refractivity (Wildman–Crippen MR) is 87.1 cm³/mol. The van der Waals surface area contributed by atoms with Crippen LogP contribution in [0.5, 0.6) is 0 Å². The van der Waals surface area contributed by atoms with Crippen molar-refractivity contribution in [1.82, 2.24) is 19.9 Å². The van der Waals surface area contributed by atoms with Crippen LogP contribution in [0, 0.1) is 11.6 Å². The molecule has 1 saturated heterocycles. The third-order valence-electron chi connectivity index (χ3n) is 4.01. The summed E-state index contributed by atoms with van der Waals surface area (Å²) in [5.74, 6) is -0.248. The molecular formula is C16H20F2N6. The molecule has 1 fully saturated rings. The second kappa shape index (κ2) is 6.26. The zero-order chi connectivity index (χ0) is 17.3. The van der Waals surface area contributed by atoms with Gasteiger partial charge in [-0.3, -0.25) is 0 Å². The largest absolute Gasteiger partial charge is 0.351 e. The molecule has 0 amide bonds. The first-order valence-corrected chi connectivity index (χ1v) is 7.84. The summed E-state index contributed by atoms with van der Waals surface area (Å²) in [6.07, 6.45) is 3.87. The van der Waals surface area contributed by atoms with Crippen molar-refractivity contribution in [3.05, 3.63) is 36.2 Å². The highest BCUT2D eigenvalue weighted by atomic mass is 19.1. The van der Waals surface area contributed by atoms with E-state index in [4.69, 9.17) is 0 Å². The van der Waals surface area contributed by atoms with Gasteiger partial charge < -0.3 is 9.80 Å². The Balaban J connectivity index is 1.77. The van der Waals surface area contributed by atoms with Crippen molar-refractivity contribution < 1.29 is 8.78 Å². The predicted octanol–water partition coefficient (Wildman–Crippen LogP) is 2.17. The normalized spacial score (nSPS) is 15.7. The highest BCUT2D eigenvalue weighted by molar-refractivity contribution is 5.46. The lowest BCUT2D eigenvalue weighted by Crippen LogP contribution is -2.48. The molecule has 0 radical (unpaired) electrons. The second-order valence-corrected chi connectivity index (χ2v) is 6.78. The van der Waals surface area contributed by atoms with Crippen LogP contribution in [0.4, 0.5) is 20.4 Å². The van der Waals surface area contributed by atoms with Crippen molar-refractivity contribution in [3.8, 4) is 0 Å². The maximum absolute atomic E-state index is 14.8. The quantitative estimate of drug-likeness (QED) is 0.839. The van der Waals surface area contributed by atoms with Crippen molar-refractivity contribution >= 4 is 11.6 Å². The van der Waals surface area contributed by atoms with Gasteiger partial charge in [0.05, 0.1) is 11.9 Å². The molecule has 2 aromatic rings. The zero-order valence-corrected chi connectivity index (χ0v) is 14.0. The molecular weight excluding hydrogens is 314 g/mol. The Labute approximate surface area is 139 Å². The number of hydrogen-bond acceptors (Lipinski definition) is 6. The lowest BCUT2D eigenvalue weighted by Gasteiger charge is -2.36. The smallest absolute Gasteiger partial charge is 0.187 e. The minimum Gasteiger partial charge on any atom is -0.351 e. The maximum atomic E-state index is 14.8. The summed E-state index contributed by atoms with van der Waals surface area (Å²) >= 11 is 0. The van der Waals surface area contributed by atoms with Gasteiger partial charge in [-0.2, -0.15) is 0 Å². The minimum absolute atomic E-state index is 0.281. The minimum atomic E-state index is -0.450. The van der Waals surface area contributed by atoms with Crippen molar-refractivity contribution in [2.45, 2.75) is 26.2 Å². The molecule has 0 spiro atoms.